The van der Waals surface area contributed by atoms with Crippen molar-refractivity contribution in [2.75, 3.05) is 18.5 Å². The first kappa shape index (κ1) is 18.2. The molecule has 28 heavy (non-hydrogen) atoms. The Morgan fingerprint density at radius 3 is 2.54 bits per heavy atom. The first-order valence-electron chi connectivity index (χ1n) is 9.23. The van der Waals surface area contributed by atoms with E-state index < -0.39 is 11.5 Å². The summed E-state index contributed by atoms with van der Waals surface area (Å²) in [5.74, 6) is -0.476. The fraction of sp³-hybridized carbons (Fsp3) is 0.273. The van der Waals surface area contributed by atoms with Gasteiger partial charge in [0.15, 0.2) is 0 Å². The predicted molar refractivity (Wildman–Crippen MR) is 103 cm³/mol. The summed E-state index contributed by atoms with van der Waals surface area (Å²) in [7, 11) is 1.63. The molecule has 144 valence electrons. The molecule has 2 heterocycles. The third kappa shape index (κ3) is 2.44. The average molecular weight is 380 g/mol. The number of halogens is 1. The molecule has 2 aliphatic rings. The quantitative estimate of drug-likeness (QED) is 0.801. The van der Waals surface area contributed by atoms with Gasteiger partial charge in [0.25, 0.3) is 5.91 Å². The van der Waals surface area contributed by atoms with Gasteiger partial charge in [0.05, 0.1) is 11.3 Å². The van der Waals surface area contributed by atoms with E-state index >= 15 is 0 Å². The zero-order chi connectivity index (χ0) is 20.1. The van der Waals surface area contributed by atoms with Crippen LogP contribution in [0.5, 0.6) is 0 Å². The maximum atomic E-state index is 14.4. The van der Waals surface area contributed by atoms with E-state index in [9.17, 15) is 14.0 Å². The lowest BCUT2D eigenvalue weighted by molar-refractivity contribution is -0.164. The zero-order valence-electron chi connectivity index (χ0n) is 16.0. The van der Waals surface area contributed by atoms with Crippen molar-refractivity contribution in [1.29, 1.82) is 0 Å². The number of anilines is 1. The summed E-state index contributed by atoms with van der Waals surface area (Å²) in [5.41, 5.74) is 0.654. The number of fused-ring (bicyclic) bond motifs is 3. The van der Waals surface area contributed by atoms with Gasteiger partial charge in [-0.05, 0) is 25.1 Å². The van der Waals surface area contributed by atoms with Crippen LogP contribution in [0.15, 0.2) is 59.9 Å². The maximum absolute atomic E-state index is 14.4. The topological polar surface area (TPSA) is 49.9 Å². The van der Waals surface area contributed by atoms with E-state index in [-0.39, 0.29) is 18.4 Å². The van der Waals surface area contributed by atoms with Gasteiger partial charge in [0, 0.05) is 24.6 Å². The number of rotatable bonds is 2. The highest BCUT2D eigenvalue weighted by molar-refractivity contribution is 6.03. The second-order valence-electron chi connectivity index (χ2n) is 7.02. The van der Waals surface area contributed by atoms with Crippen LogP contribution in [0.25, 0.3) is 0 Å². The molecule has 0 saturated carbocycles. The summed E-state index contributed by atoms with van der Waals surface area (Å²) >= 11 is 0. The Morgan fingerprint density at radius 1 is 1.14 bits per heavy atom. The molecule has 5 nitrogen and oxygen atoms in total. The third-order valence-corrected chi connectivity index (χ3v) is 5.47. The largest absolute Gasteiger partial charge is 0.463 e. The minimum atomic E-state index is -1.42. The van der Waals surface area contributed by atoms with Crippen molar-refractivity contribution < 1.29 is 18.7 Å². The Morgan fingerprint density at radius 2 is 1.86 bits per heavy atom. The third-order valence-electron chi connectivity index (χ3n) is 5.47. The number of benzene rings is 2. The summed E-state index contributed by atoms with van der Waals surface area (Å²) < 4.78 is 20.9. The molecule has 6 heteroatoms. The van der Waals surface area contributed by atoms with Gasteiger partial charge in [-0.3, -0.25) is 14.5 Å². The standard InChI is InChI=1S/C22H21FN2O3/c1-4-19-14(2)21(27)25-13-20(26)24(3)18-11-10-16(23)12-17(18)22(25,28-19)15-8-6-5-7-9-15/h5-12H,4,13H2,1-3H3. The van der Waals surface area contributed by atoms with Crippen molar-refractivity contribution in [3.8, 4) is 0 Å². The summed E-state index contributed by atoms with van der Waals surface area (Å²) in [6, 6.07) is 13.4. The Labute approximate surface area is 163 Å². The van der Waals surface area contributed by atoms with Crippen molar-refractivity contribution in [2.24, 2.45) is 0 Å². The van der Waals surface area contributed by atoms with E-state index in [2.05, 4.69) is 0 Å². The molecular formula is C22H21FN2O3. The first-order valence-corrected chi connectivity index (χ1v) is 9.23. The predicted octanol–water partition coefficient (Wildman–Crippen LogP) is 3.55. The molecule has 2 aliphatic heterocycles. The Balaban J connectivity index is 2.12. The minimum absolute atomic E-state index is 0.172. The van der Waals surface area contributed by atoms with E-state index in [1.54, 1.807) is 20.0 Å². The van der Waals surface area contributed by atoms with Gasteiger partial charge in [0.2, 0.25) is 11.6 Å². The lowest BCUT2D eigenvalue weighted by Crippen LogP contribution is -2.56. The highest BCUT2D eigenvalue weighted by atomic mass is 19.1. The van der Waals surface area contributed by atoms with Crippen LogP contribution in [0.2, 0.25) is 0 Å². The molecule has 0 saturated heterocycles. The van der Waals surface area contributed by atoms with E-state index in [4.69, 9.17) is 4.74 Å². The highest BCUT2D eigenvalue weighted by Gasteiger charge is 2.53. The van der Waals surface area contributed by atoms with E-state index in [1.807, 2.05) is 37.3 Å². The minimum Gasteiger partial charge on any atom is -0.463 e. The van der Waals surface area contributed by atoms with Gasteiger partial charge in [-0.25, -0.2) is 4.39 Å². The van der Waals surface area contributed by atoms with Crippen LogP contribution in [0, 0.1) is 5.82 Å². The van der Waals surface area contributed by atoms with E-state index in [0.29, 0.717) is 34.6 Å². The number of amides is 2. The van der Waals surface area contributed by atoms with Gasteiger partial charge in [-0.2, -0.15) is 0 Å². The van der Waals surface area contributed by atoms with Crippen molar-refractivity contribution >= 4 is 17.5 Å². The van der Waals surface area contributed by atoms with Crippen molar-refractivity contribution in [3.05, 3.63) is 76.8 Å². The molecule has 1 unspecified atom stereocenters. The number of hydrogen-bond acceptors (Lipinski definition) is 3. The van der Waals surface area contributed by atoms with Gasteiger partial charge in [0.1, 0.15) is 18.1 Å². The van der Waals surface area contributed by atoms with Crippen LogP contribution in [-0.2, 0) is 20.1 Å². The molecule has 2 aromatic carbocycles. The summed E-state index contributed by atoms with van der Waals surface area (Å²) in [5, 5.41) is 0. The molecule has 2 amide bonds. The summed E-state index contributed by atoms with van der Waals surface area (Å²) in [6.45, 7) is 3.43. The molecule has 0 N–H and O–H groups in total. The van der Waals surface area contributed by atoms with Crippen molar-refractivity contribution in [3.63, 3.8) is 0 Å². The van der Waals surface area contributed by atoms with E-state index in [0.717, 1.165) is 0 Å². The van der Waals surface area contributed by atoms with Crippen LogP contribution in [0.4, 0.5) is 10.1 Å². The number of carbonyl (C=O) groups is 2. The van der Waals surface area contributed by atoms with Crippen molar-refractivity contribution in [1.82, 2.24) is 4.90 Å². The fourth-order valence-electron chi connectivity index (χ4n) is 3.98. The molecule has 0 aromatic heterocycles. The van der Waals surface area contributed by atoms with Crippen LogP contribution in [0.1, 0.15) is 31.4 Å². The van der Waals surface area contributed by atoms with Gasteiger partial charge < -0.3 is 9.64 Å². The normalized spacial score (nSPS) is 21.9. The molecule has 2 aromatic rings. The number of nitrogens with zero attached hydrogens (tertiary/aromatic N) is 2. The van der Waals surface area contributed by atoms with Crippen LogP contribution >= 0.6 is 0 Å². The molecule has 0 fully saturated rings. The number of carbonyl (C=O) groups excluding carboxylic acids is 2. The van der Waals surface area contributed by atoms with Crippen LogP contribution in [-0.4, -0.2) is 30.3 Å². The van der Waals surface area contributed by atoms with E-state index in [1.165, 1.54) is 21.9 Å². The summed E-state index contributed by atoms with van der Waals surface area (Å²) in [4.78, 5) is 29.1. The monoisotopic (exact) mass is 380 g/mol. The second kappa shape index (κ2) is 6.48. The summed E-state index contributed by atoms with van der Waals surface area (Å²) in [6.07, 6.45) is 0.508. The molecule has 0 bridgehead atoms. The molecule has 0 radical (unpaired) electrons. The molecule has 0 spiro atoms. The first-order chi connectivity index (χ1) is 13.4. The molecule has 1 atom stereocenters. The Bertz CT molecular complexity index is 1000. The van der Waals surface area contributed by atoms with Gasteiger partial charge in [-0.15, -0.1) is 0 Å². The number of hydrogen-bond donors (Lipinski definition) is 0. The number of likely N-dealkylation sites (N-methyl/N-ethyl adjacent to an activating group) is 1. The highest BCUT2D eigenvalue weighted by Crippen LogP contribution is 2.48. The smallest absolute Gasteiger partial charge is 0.256 e. The lowest BCUT2D eigenvalue weighted by Gasteiger charge is -2.47. The van der Waals surface area contributed by atoms with Crippen LogP contribution < -0.4 is 4.90 Å². The number of ether oxygens (including phenoxy) is 1. The SMILES string of the molecule is CCC1=C(C)C(=O)N2CC(=O)N(C)c3ccc(F)cc3C2(c2ccccc2)O1. The zero-order valence-corrected chi connectivity index (χ0v) is 16.0. The van der Waals surface area contributed by atoms with Gasteiger partial charge >= 0.3 is 0 Å². The Kier molecular flexibility index (Phi) is 4.22. The lowest BCUT2D eigenvalue weighted by atomic mass is 9.88. The fourth-order valence-corrected chi connectivity index (χ4v) is 3.98. The molecule has 0 aliphatic carbocycles. The van der Waals surface area contributed by atoms with Gasteiger partial charge in [-0.1, -0.05) is 37.3 Å². The Hall–Kier alpha value is -3.15. The average Bonchev–Trinajstić information content (AvgIpc) is 2.80. The molecular weight excluding hydrogens is 359 g/mol. The second-order valence-corrected chi connectivity index (χ2v) is 7.02. The molecule has 4 rings (SSSR count). The maximum Gasteiger partial charge on any atom is 0.256 e. The van der Waals surface area contributed by atoms with Crippen molar-refractivity contribution in [2.45, 2.75) is 26.0 Å². The number of allylic oxidation sites excluding steroid dienone is 1. The van der Waals surface area contributed by atoms with Crippen LogP contribution in [0.3, 0.4) is 0 Å².